The number of anilines is 1. The van der Waals surface area contributed by atoms with Gasteiger partial charge in [0.25, 0.3) is 0 Å². The van der Waals surface area contributed by atoms with E-state index in [0.29, 0.717) is 48.7 Å². The fraction of sp³-hybridized carbons (Fsp3) is 0.417. The van der Waals surface area contributed by atoms with Crippen LogP contribution in [0.5, 0.6) is 0 Å². The predicted molar refractivity (Wildman–Crippen MR) is 124 cm³/mol. The largest absolute Gasteiger partial charge is 0.423 e. The number of nitrogens with zero attached hydrogens (tertiary/aromatic N) is 7. The van der Waals surface area contributed by atoms with E-state index in [1.807, 2.05) is 6.92 Å². The monoisotopic (exact) mass is 512 g/mol. The van der Waals surface area contributed by atoms with Gasteiger partial charge in [0.2, 0.25) is 11.8 Å². The van der Waals surface area contributed by atoms with Gasteiger partial charge >= 0.3 is 12.2 Å². The first-order chi connectivity index (χ1) is 17.7. The maximum absolute atomic E-state index is 13.8. The summed E-state index contributed by atoms with van der Waals surface area (Å²) < 4.78 is 48.7. The van der Waals surface area contributed by atoms with Crippen LogP contribution in [0.15, 0.2) is 41.2 Å². The lowest BCUT2D eigenvalue weighted by atomic mass is 9.64. The van der Waals surface area contributed by atoms with E-state index in [2.05, 4.69) is 37.5 Å². The molecule has 0 spiro atoms. The van der Waals surface area contributed by atoms with Crippen molar-refractivity contribution < 1.29 is 22.4 Å². The van der Waals surface area contributed by atoms with Crippen molar-refractivity contribution in [3.8, 4) is 11.4 Å². The summed E-state index contributed by atoms with van der Waals surface area (Å²) in [7, 11) is 0. The van der Waals surface area contributed by atoms with Crippen molar-refractivity contribution in [1.82, 2.24) is 34.7 Å². The van der Waals surface area contributed by atoms with Crippen LogP contribution < -0.4 is 5.32 Å². The molecule has 0 radical (unpaired) electrons. The topological polar surface area (TPSA) is 114 Å². The van der Waals surface area contributed by atoms with Crippen LogP contribution in [0.2, 0.25) is 0 Å². The van der Waals surface area contributed by atoms with Crippen LogP contribution in [-0.4, -0.2) is 46.8 Å². The van der Waals surface area contributed by atoms with Gasteiger partial charge in [-0.2, -0.15) is 13.2 Å². The molecule has 1 aliphatic heterocycles. The van der Waals surface area contributed by atoms with E-state index in [4.69, 9.17) is 4.42 Å². The van der Waals surface area contributed by atoms with E-state index in [1.165, 1.54) is 10.7 Å². The van der Waals surface area contributed by atoms with Crippen LogP contribution in [0.3, 0.4) is 0 Å². The fourth-order valence-electron chi connectivity index (χ4n) is 5.60. The second-order valence-corrected chi connectivity index (χ2v) is 9.66. The summed E-state index contributed by atoms with van der Waals surface area (Å²) in [6.45, 7) is 4.01. The van der Waals surface area contributed by atoms with E-state index in [9.17, 15) is 18.0 Å². The highest BCUT2D eigenvalue weighted by Gasteiger charge is 2.62. The molecule has 37 heavy (non-hydrogen) atoms. The van der Waals surface area contributed by atoms with Crippen LogP contribution in [0.1, 0.15) is 50.5 Å². The van der Waals surface area contributed by atoms with Gasteiger partial charge in [-0.25, -0.2) is 19.3 Å². The number of aryl methyl sites for hydroxylation is 1. The summed E-state index contributed by atoms with van der Waals surface area (Å²) in [5.74, 6) is 1.03. The Hall–Kier alpha value is -4.03. The highest BCUT2D eigenvalue weighted by molar-refractivity contribution is 5.90. The first-order valence-electron chi connectivity index (χ1n) is 12.0. The Morgan fingerprint density at radius 2 is 2.08 bits per heavy atom. The van der Waals surface area contributed by atoms with Crippen molar-refractivity contribution in [3.05, 3.63) is 54.1 Å². The number of fused-ring (bicyclic) bond motifs is 3. The van der Waals surface area contributed by atoms with Gasteiger partial charge in [0, 0.05) is 36.8 Å². The number of nitrogens with one attached hydrogen (secondary N) is 1. The molecule has 4 aromatic heterocycles. The summed E-state index contributed by atoms with van der Waals surface area (Å²) in [5, 5.41) is 15.2. The molecule has 2 fully saturated rings. The quantitative estimate of drug-likeness (QED) is 0.422. The maximum Gasteiger partial charge on any atom is 0.418 e. The number of pyridine rings is 1. The minimum Gasteiger partial charge on any atom is -0.423 e. The molecule has 2 bridgehead atoms. The summed E-state index contributed by atoms with van der Waals surface area (Å²) in [4.78, 5) is 23.1. The van der Waals surface area contributed by atoms with Gasteiger partial charge in [-0.1, -0.05) is 13.8 Å². The summed E-state index contributed by atoms with van der Waals surface area (Å²) in [5.41, 5.74) is -1.40. The summed E-state index contributed by atoms with van der Waals surface area (Å²) >= 11 is 0. The van der Waals surface area contributed by atoms with Gasteiger partial charge in [-0.3, -0.25) is 5.32 Å². The normalized spacial score (nSPS) is 23.2. The number of halogens is 3. The van der Waals surface area contributed by atoms with E-state index >= 15 is 0 Å². The molecule has 1 aliphatic carbocycles. The zero-order chi connectivity index (χ0) is 25.9. The fourth-order valence-corrected chi connectivity index (χ4v) is 5.60. The molecule has 1 saturated carbocycles. The van der Waals surface area contributed by atoms with Gasteiger partial charge in [0.1, 0.15) is 11.4 Å². The van der Waals surface area contributed by atoms with Gasteiger partial charge in [-0.05, 0) is 37.0 Å². The number of alkyl halides is 3. The number of piperidine rings is 1. The van der Waals surface area contributed by atoms with E-state index in [-0.39, 0.29) is 23.2 Å². The molecule has 1 N–H and O–H groups in total. The number of urea groups is 1. The lowest BCUT2D eigenvalue weighted by Gasteiger charge is -2.61. The lowest BCUT2D eigenvalue weighted by molar-refractivity contribution is -0.137. The molecule has 1 saturated heterocycles. The Morgan fingerprint density at radius 3 is 2.84 bits per heavy atom. The zero-order valence-corrected chi connectivity index (χ0v) is 20.0. The predicted octanol–water partition coefficient (Wildman–Crippen LogP) is 4.69. The number of hydrogen-bond acceptors (Lipinski definition) is 7. The SMILES string of the molecule is CCc1nnc([C@@]23C[C@H](C)C[C@@H](C2)N3C(=O)Nc2cc(-c3ncc4cccn4n3)c(C(F)(F)F)cn2)o1. The zero-order valence-electron chi connectivity index (χ0n) is 20.0. The molecule has 13 heteroatoms. The number of likely N-dealkylation sites (tertiary alicyclic amines) is 1. The van der Waals surface area contributed by atoms with Crippen LogP contribution in [-0.2, 0) is 18.1 Å². The molecule has 5 heterocycles. The molecule has 192 valence electrons. The van der Waals surface area contributed by atoms with Gasteiger partial charge in [0.05, 0.1) is 17.3 Å². The molecule has 6 rings (SSSR count). The number of rotatable bonds is 4. The van der Waals surface area contributed by atoms with E-state index in [0.717, 1.165) is 12.5 Å². The molecular weight excluding hydrogens is 489 g/mol. The van der Waals surface area contributed by atoms with Crippen LogP contribution in [0, 0.1) is 5.92 Å². The van der Waals surface area contributed by atoms with E-state index < -0.39 is 23.3 Å². The third-order valence-corrected chi connectivity index (χ3v) is 7.11. The van der Waals surface area contributed by atoms with Crippen molar-refractivity contribution in [2.45, 2.75) is 57.3 Å². The second-order valence-electron chi connectivity index (χ2n) is 9.66. The molecule has 3 atom stereocenters. The smallest absolute Gasteiger partial charge is 0.418 e. The van der Waals surface area contributed by atoms with Gasteiger partial charge in [0.15, 0.2) is 5.82 Å². The van der Waals surface area contributed by atoms with Crippen molar-refractivity contribution in [2.75, 3.05) is 5.32 Å². The standard InChI is InChI=1S/C24H23F3N8O2/c1-3-19-31-32-21(37-19)23-9-13(2)7-15(10-23)35(23)22(36)30-18-8-16(17(12-28-18)24(25,26)27)20-29-11-14-5-4-6-34(14)33-20/h4-6,8,11-13,15H,3,7,9-10H2,1-2H3,(H,28,30,36)/t13-,15+,23-/m1/s1. The number of amides is 2. The van der Waals surface area contributed by atoms with Crippen molar-refractivity contribution in [2.24, 2.45) is 5.92 Å². The Labute approximate surface area is 208 Å². The third kappa shape index (κ3) is 3.80. The van der Waals surface area contributed by atoms with Crippen molar-refractivity contribution in [1.29, 1.82) is 0 Å². The molecule has 0 unspecified atom stereocenters. The molecule has 10 nitrogen and oxygen atoms in total. The van der Waals surface area contributed by atoms with Crippen LogP contribution >= 0.6 is 0 Å². The number of carbonyl (C=O) groups excluding carboxylic acids is 1. The van der Waals surface area contributed by atoms with Crippen molar-refractivity contribution >= 4 is 17.4 Å². The minimum atomic E-state index is -4.69. The summed E-state index contributed by atoms with van der Waals surface area (Å²) in [6.07, 6.45) is 1.76. The lowest BCUT2D eigenvalue weighted by Crippen LogP contribution is -2.70. The molecule has 0 aromatic carbocycles. The molecule has 2 aliphatic rings. The second kappa shape index (κ2) is 8.25. The Morgan fingerprint density at radius 1 is 1.24 bits per heavy atom. The van der Waals surface area contributed by atoms with Gasteiger partial charge in [-0.15, -0.1) is 15.3 Å². The first-order valence-corrected chi connectivity index (χ1v) is 12.0. The van der Waals surface area contributed by atoms with Crippen LogP contribution in [0.4, 0.5) is 23.8 Å². The molecule has 2 amide bonds. The maximum atomic E-state index is 13.8. The highest BCUT2D eigenvalue weighted by atomic mass is 19.4. The summed E-state index contributed by atoms with van der Waals surface area (Å²) in [6, 6.07) is 4.07. The Kier molecular flexibility index (Phi) is 5.21. The highest BCUT2D eigenvalue weighted by Crippen LogP contribution is 2.55. The molecule has 4 aromatic rings. The average molecular weight is 512 g/mol. The van der Waals surface area contributed by atoms with Crippen LogP contribution in [0.25, 0.3) is 16.9 Å². The number of carbonyl (C=O) groups is 1. The van der Waals surface area contributed by atoms with Crippen molar-refractivity contribution in [3.63, 3.8) is 0 Å². The minimum absolute atomic E-state index is 0.0443. The third-order valence-electron chi connectivity index (χ3n) is 7.11. The number of aromatic nitrogens is 6. The van der Waals surface area contributed by atoms with Gasteiger partial charge < -0.3 is 9.32 Å². The Bertz CT molecular complexity index is 1500. The Balaban J connectivity index is 1.34. The van der Waals surface area contributed by atoms with E-state index in [1.54, 1.807) is 23.2 Å². The average Bonchev–Trinajstić information content (AvgIpc) is 3.52. The molecular formula is C24H23F3N8O2. The first kappa shape index (κ1) is 23.4. The number of hydrogen-bond donors (Lipinski definition) is 1.